The molecule has 16 nitrogen and oxygen atoms in total. The van der Waals surface area contributed by atoms with Gasteiger partial charge in [0.15, 0.2) is 11.9 Å². The monoisotopic (exact) mass is 799 g/mol. The molecule has 14 N–H and O–H groups in total. The molecule has 3 aromatic carbocycles. The topological polar surface area (TPSA) is 288 Å². The number of primary amides is 1. The molecule has 0 unspecified atom stereocenters. The summed E-state index contributed by atoms with van der Waals surface area (Å²) in [6.45, 7) is 5.84. The molecular weight excluding hydrogens is 746 g/mol. The van der Waals surface area contributed by atoms with Gasteiger partial charge in [-0.1, -0.05) is 67.9 Å². The summed E-state index contributed by atoms with van der Waals surface area (Å²) in [7, 11) is 0. The maximum atomic E-state index is 14.2. The first-order valence-electron chi connectivity index (χ1n) is 18.7. The van der Waals surface area contributed by atoms with Gasteiger partial charge in [0, 0.05) is 25.5 Å². The summed E-state index contributed by atoms with van der Waals surface area (Å²) in [6.07, 6.45) is 3.41. The van der Waals surface area contributed by atoms with Gasteiger partial charge in [0.1, 0.15) is 30.0 Å². The maximum absolute atomic E-state index is 14.2. The van der Waals surface area contributed by atoms with E-state index in [-0.39, 0.29) is 50.1 Å². The smallest absolute Gasteiger partial charge is 0.244 e. The van der Waals surface area contributed by atoms with E-state index >= 15 is 0 Å². The number of carbonyl (C=O) groups excluding carboxylic acids is 5. The first kappa shape index (κ1) is 45.6. The van der Waals surface area contributed by atoms with Gasteiger partial charge in [-0.15, -0.1) is 0 Å². The Balaban J connectivity index is 1.92. The van der Waals surface area contributed by atoms with E-state index in [4.69, 9.17) is 28.7 Å². The lowest BCUT2D eigenvalue weighted by Gasteiger charge is -2.27. The van der Waals surface area contributed by atoms with Crippen LogP contribution in [0.4, 0.5) is 10.1 Å². The van der Waals surface area contributed by atoms with Crippen LogP contribution in [0.1, 0.15) is 55.4 Å². The van der Waals surface area contributed by atoms with Crippen molar-refractivity contribution in [3.63, 3.8) is 0 Å². The van der Waals surface area contributed by atoms with Crippen molar-refractivity contribution in [2.45, 2.75) is 77.0 Å². The second-order valence-electron chi connectivity index (χ2n) is 14.2. The molecule has 0 aliphatic carbocycles. The zero-order valence-electron chi connectivity index (χ0n) is 32.9. The van der Waals surface area contributed by atoms with E-state index in [1.807, 2.05) is 45.0 Å². The summed E-state index contributed by atoms with van der Waals surface area (Å²) in [5.41, 5.74) is 30.7. The summed E-state index contributed by atoms with van der Waals surface area (Å²) >= 11 is 0. The number of rotatable bonds is 21. The summed E-state index contributed by atoms with van der Waals surface area (Å²) in [5.74, 6) is -4.34. The van der Waals surface area contributed by atoms with Crippen molar-refractivity contribution in [2.24, 2.45) is 44.6 Å². The number of benzene rings is 3. The molecule has 3 rings (SSSR count). The molecule has 17 heteroatoms. The van der Waals surface area contributed by atoms with Crippen LogP contribution in [-0.4, -0.2) is 72.2 Å². The molecule has 0 aliphatic rings. The highest BCUT2D eigenvalue weighted by atomic mass is 19.1. The number of nitrogens with zero attached hydrogens (tertiary/aromatic N) is 2. The van der Waals surface area contributed by atoms with E-state index in [0.717, 1.165) is 11.1 Å². The van der Waals surface area contributed by atoms with Crippen LogP contribution >= 0.6 is 0 Å². The molecule has 0 bridgehead atoms. The summed E-state index contributed by atoms with van der Waals surface area (Å²) < 4.78 is 13.8. The highest BCUT2D eigenvalue weighted by Gasteiger charge is 2.31. The van der Waals surface area contributed by atoms with Gasteiger partial charge in [0.25, 0.3) is 0 Å². The molecule has 0 saturated heterocycles. The second-order valence-corrected chi connectivity index (χ2v) is 14.2. The molecule has 0 saturated carbocycles. The van der Waals surface area contributed by atoms with Gasteiger partial charge in [-0.25, -0.2) is 9.38 Å². The number of hydrogen-bond acceptors (Lipinski definition) is 7. The fourth-order valence-corrected chi connectivity index (χ4v) is 5.74. The van der Waals surface area contributed by atoms with E-state index in [0.29, 0.717) is 23.2 Å². The van der Waals surface area contributed by atoms with Crippen LogP contribution < -0.4 is 49.9 Å². The molecular formula is C41H54FN11O5. The zero-order chi connectivity index (χ0) is 42.8. The van der Waals surface area contributed by atoms with Gasteiger partial charge in [0.2, 0.25) is 29.5 Å². The number of guanidine groups is 2. The summed E-state index contributed by atoms with van der Waals surface area (Å²) in [4.78, 5) is 75.3. The number of nitrogens with two attached hydrogens (primary N) is 5. The Labute approximate surface area is 337 Å². The molecule has 310 valence electrons. The third kappa shape index (κ3) is 16.5. The van der Waals surface area contributed by atoms with E-state index in [9.17, 15) is 28.4 Å². The maximum Gasteiger partial charge on any atom is 0.244 e. The zero-order valence-corrected chi connectivity index (χ0v) is 32.9. The van der Waals surface area contributed by atoms with Crippen LogP contribution in [0.3, 0.4) is 0 Å². The second kappa shape index (κ2) is 22.7. The minimum Gasteiger partial charge on any atom is -0.370 e. The van der Waals surface area contributed by atoms with Crippen molar-refractivity contribution in [3.05, 3.63) is 107 Å². The lowest BCUT2D eigenvalue weighted by Crippen LogP contribution is -2.59. The van der Waals surface area contributed by atoms with Crippen LogP contribution in [0.25, 0.3) is 6.08 Å². The first-order valence-corrected chi connectivity index (χ1v) is 18.7. The lowest BCUT2D eigenvalue weighted by molar-refractivity contribution is -0.134. The van der Waals surface area contributed by atoms with Gasteiger partial charge < -0.3 is 49.9 Å². The molecule has 0 heterocycles. The number of halogens is 1. The predicted molar refractivity (Wildman–Crippen MR) is 222 cm³/mol. The van der Waals surface area contributed by atoms with Crippen LogP contribution in [0.15, 0.2) is 88.9 Å². The number of aryl methyl sites for hydroxylation is 1. The Kier molecular flexibility index (Phi) is 17.8. The van der Waals surface area contributed by atoms with E-state index in [1.165, 1.54) is 30.3 Å². The number of aliphatic imine (C=N–C) groups is 2. The summed E-state index contributed by atoms with van der Waals surface area (Å²) in [5, 5.41) is 10.8. The van der Waals surface area contributed by atoms with Crippen molar-refractivity contribution in [1.82, 2.24) is 21.3 Å². The Morgan fingerprint density at radius 2 is 1.19 bits per heavy atom. The van der Waals surface area contributed by atoms with Gasteiger partial charge in [-0.3, -0.25) is 29.0 Å². The van der Waals surface area contributed by atoms with Gasteiger partial charge in [-0.05, 0) is 79.1 Å². The minimum absolute atomic E-state index is 0.0478. The van der Waals surface area contributed by atoms with E-state index in [2.05, 4.69) is 31.3 Å². The largest absolute Gasteiger partial charge is 0.370 e. The van der Waals surface area contributed by atoms with Gasteiger partial charge in [-0.2, -0.15) is 0 Å². The molecule has 0 radical (unpaired) electrons. The molecule has 0 fully saturated rings. The van der Waals surface area contributed by atoms with Crippen molar-refractivity contribution in [3.8, 4) is 0 Å². The Bertz CT molecular complexity index is 1940. The number of carbonyl (C=O) groups is 5. The standard InChI is InChI=1S/C41H54FN11O5/c1-24(2)21-32(37(56)51-31(36(43)55)5-4-20-48-40(44)45)52-39(58)34(23-28-12-17-30(18-13-28)49-41(46)47)53-38(57)33(22-27-10-15-29(42)16-11-27)50-35(54)19-14-26-8-6-25(3)7-9-26/h6-19,24,31-34H,4-5,20-23H2,1-3H3,(H2,43,55)(H,50,54)(H,51,56)(H,52,58)(H,53,57)(H4,44,45,48)(H4,46,47,49)/b19-14+/t31-,32-,33-,34-/m0/s1. The van der Waals surface area contributed by atoms with Crippen LogP contribution in [-0.2, 0) is 36.8 Å². The SMILES string of the molecule is Cc1ccc(/C=C/C(=O)N[C@@H](Cc2ccc(F)cc2)C(=O)N[C@@H](Cc2ccc(N=C(N)N)cc2)C(=O)N[C@@H](CC(C)C)C(=O)N[C@@H](CCCN=C(N)N)C(N)=O)cc1. The fourth-order valence-electron chi connectivity index (χ4n) is 5.74. The normalized spacial score (nSPS) is 13.1. The van der Waals surface area contributed by atoms with Gasteiger partial charge in [0.05, 0.1) is 5.69 Å². The molecule has 3 aromatic rings. The average Bonchev–Trinajstić information content (AvgIpc) is 3.15. The lowest BCUT2D eigenvalue weighted by atomic mass is 9.99. The average molecular weight is 800 g/mol. The van der Waals surface area contributed by atoms with Crippen molar-refractivity contribution in [1.29, 1.82) is 0 Å². The van der Waals surface area contributed by atoms with Crippen LogP contribution in [0, 0.1) is 18.7 Å². The Hall–Kier alpha value is -6.78. The number of nitrogens with one attached hydrogen (secondary N) is 4. The minimum atomic E-state index is -1.29. The van der Waals surface area contributed by atoms with Crippen molar-refractivity contribution in [2.75, 3.05) is 6.54 Å². The molecule has 4 atom stereocenters. The number of amides is 5. The Morgan fingerprint density at radius 3 is 1.72 bits per heavy atom. The van der Waals surface area contributed by atoms with E-state index < -0.39 is 59.5 Å². The summed E-state index contributed by atoms with van der Waals surface area (Å²) in [6, 6.07) is 14.8. The highest BCUT2D eigenvalue weighted by Crippen LogP contribution is 2.16. The van der Waals surface area contributed by atoms with Crippen molar-refractivity contribution < 1.29 is 28.4 Å². The predicted octanol–water partition coefficient (Wildman–Crippen LogP) is 1.06. The number of hydrogen-bond donors (Lipinski definition) is 9. The third-order valence-electron chi connectivity index (χ3n) is 8.70. The fraction of sp³-hybridized carbons (Fsp3) is 0.341. The van der Waals surface area contributed by atoms with Crippen LogP contribution in [0.2, 0.25) is 0 Å². The molecule has 58 heavy (non-hydrogen) atoms. The molecule has 0 aromatic heterocycles. The van der Waals surface area contributed by atoms with Crippen molar-refractivity contribution >= 4 is 53.2 Å². The quantitative estimate of drug-likeness (QED) is 0.0322. The molecule has 0 aliphatic heterocycles. The highest BCUT2D eigenvalue weighted by molar-refractivity contribution is 5.98. The molecule has 0 spiro atoms. The third-order valence-corrected chi connectivity index (χ3v) is 8.70. The first-order chi connectivity index (χ1) is 27.5. The molecule has 5 amide bonds. The Morgan fingerprint density at radius 1 is 0.672 bits per heavy atom. The van der Waals surface area contributed by atoms with E-state index in [1.54, 1.807) is 30.3 Å². The van der Waals surface area contributed by atoms with Gasteiger partial charge >= 0.3 is 0 Å². The van der Waals surface area contributed by atoms with Crippen LogP contribution in [0.5, 0.6) is 0 Å².